The van der Waals surface area contributed by atoms with Gasteiger partial charge in [0.05, 0.1) is 10.2 Å². The number of benzene rings is 1. The van der Waals surface area contributed by atoms with Gasteiger partial charge in [0.1, 0.15) is 11.6 Å². The van der Waals surface area contributed by atoms with Gasteiger partial charge in [-0.15, -0.1) is 5.10 Å². The van der Waals surface area contributed by atoms with Crippen LogP contribution in [0.15, 0.2) is 30.5 Å². The number of fused-ring (bicyclic) bond motifs is 1. The van der Waals surface area contributed by atoms with Crippen LogP contribution in [0.25, 0.3) is 15.8 Å². The van der Waals surface area contributed by atoms with E-state index in [1.165, 1.54) is 17.5 Å². The Labute approximate surface area is 111 Å². The summed E-state index contributed by atoms with van der Waals surface area (Å²) in [6, 6.07) is 9.83. The second-order valence-electron chi connectivity index (χ2n) is 3.55. The SMILES string of the molecule is N#CC(=CNc1nc2ccccc2s1)c1nnn[nH]1. The zero-order chi connectivity index (χ0) is 13.1. The van der Waals surface area contributed by atoms with Crippen molar-refractivity contribution in [3.63, 3.8) is 0 Å². The molecule has 0 spiro atoms. The molecule has 3 rings (SSSR count). The van der Waals surface area contributed by atoms with E-state index in [2.05, 4.69) is 30.9 Å². The second-order valence-corrected chi connectivity index (χ2v) is 4.58. The molecule has 0 aliphatic heterocycles. The predicted molar refractivity (Wildman–Crippen MR) is 71.0 cm³/mol. The third kappa shape index (κ3) is 2.27. The molecule has 2 N–H and O–H groups in total. The lowest BCUT2D eigenvalue weighted by Gasteiger charge is -1.94. The number of aromatic amines is 1. The number of nitriles is 1. The Bertz CT molecular complexity index is 733. The number of aromatic nitrogens is 5. The summed E-state index contributed by atoms with van der Waals surface area (Å²) >= 11 is 1.51. The molecule has 1 aromatic carbocycles. The van der Waals surface area contributed by atoms with Crippen LogP contribution >= 0.6 is 11.3 Å². The number of nitrogens with zero attached hydrogens (tertiary/aromatic N) is 5. The molecule has 92 valence electrons. The topological polar surface area (TPSA) is 103 Å². The van der Waals surface area contributed by atoms with Crippen LogP contribution in [0, 0.1) is 11.3 Å². The lowest BCUT2D eigenvalue weighted by molar-refractivity contribution is 0.881. The van der Waals surface area contributed by atoms with Crippen molar-refractivity contribution in [2.24, 2.45) is 0 Å². The summed E-state index contributed by atoms with van der Waals surface area (Å²) in [4.78, 5) is 4.39. The minimum Gasteiger partial charge on any atom is -0.337 e. The molecule has 0 radical (unpaired) electrons. The van der Waals surface area contributed by atoms with Gasteiger partial charge in [0.25, 0.3) is 0 Å². The van der Waals surface area contributed by atoms with E-state index in [0.717, 1.165) is 10.2 Å². The van der Waals surface area contributed by atoms with E-state index < -0.39 is 0 Å². The Morgan fingerprint density at radius 2 is 2.32 bits per heavy atom. The van der Waals surface area contributed by atoms with E-state index in [0.29, 0.717) is 16.5 Å². The first-order valence-corrected chi connectivity index (χ1v) is 6.15. The van der Waals surface area contributed by atoms with Crippen LogP contribution < -0.4 is 5.32 Å². The molecular weight excluding hydrogens is 262 g/mol. The maximum atomic E-state index is 9.02. The molecule has 0 bridgehead atoms. The van der Waals surface area contributed by atoms with Gasteiger partial charge in [-0.3, -0.25) is 0 Å². The first-order valence-electron chi connectivity index (χ1n) is 5.33. The van der Waals surface area contributed by atoms with Crippen molar-refractivity contribution in [3.8, 4) is 6.07 Å². The molecule has 0 fully saturated rings. The number of H-pyrrole nitrogens is 1. The lowest BCUT2D eigenvalue weighted by atomic mass is 10.3. The normalized spacial score (nSPS) is 11.4. The van der Waals surface area contributed by atoms with Crippen molar-refractivity contribution >= 4 is 32.3 Å². The summed E-state index contributed by atoms with van der Waals surface area (Å²) in [5.74, 6) is 0.316. The summed E-state index contributed by atoms with van der Waals surface area (Å²) in [7, 11) is 0. The first-order chi connectivity index (χ1) is 9.36. The summed E-state index contributed by atoms with van der Waals surface area (Å²) in [6.07, 6.45) is 1.53. The molecule has 2 aromatic heterocycles. The van der Waals surface area contributed by atoms with Crippen molar-refractivity contribution in [1.82, 2.24) is 25.6 Å². The van der Waals surface area contributed by atoms with E-state index in [4.69, 9.17) is 5.26 Å². The van der Waals surface area contributed by atoms with Crippen LogP contribution in [0.3, 0.4) is 0 Å². The number of allylic oxidation sites excluding steroid dienone is 1. The highest BCUT2D eigenvalue weighted by atomic mass is 32.1. The van der Waals surface area contributed by atoms with Crippen LogP contribution in [0.1, 0.15) is 5.82 Å². The number of thiazole rings is 1. The minimum absolute atomic E-state index is 0.309. The van der Waals surface area contributed by atoms with Crippen molar-refractivity contribution < 1.29 is 0 Å². The summed E-state index contributed by atoms with van der Waals surface area (Å²) < 4.78 is 1.08. The Hall–Kier alpha value is -2.79. The summed E-state index contributed by atoms with van der Waals surface area (Å²) in [5.41, 5.74) is 1.23. The average Bonchev–Trinajstić information content (AvgIpc) is 3.08. The van der Waals surface area contributed by atoms with Crippen molar-refractivity contribution in [2.45, 2.75) is 0 Å². The molecule has 0 aliphatic rings. The molecule has 8 heteroatoms. The lowest BCUT2D eigenvalue weighted by Crippen LogP contribution is -1.92. The zero-order valence-electron chi connectivity index (χ0n) is 9.53. The predicted octanol–water partition coefficient (Wildman–Crippen LogP) is 1.79. The van der Waals surface area contributed by atoms with Crippen molar-refractivity contribution in [1.29, 1.82) is 5.26 Å². The molecular formula is C11H7N7S. The number of para-hydroxylation sites is 1. The quantitative estimate of drug-likeness (QED) is 0.702. The van der Waals surface area contributed by atoms with Gasteiger partial charge in [-0.2, -0.15) is 5.26 Å². The van der Waals surface area contributed by atoms with Crippen molar-refractivity contribution in [2.75, 3.05) is 5.32 Å². The fourth-order valence-electron chi connectivity index (χ4n) is 1.49. The largest absolute Gasteiger partial charge is 0.337 e. The summed E-state index contributed by atoms with van der Waals surface area (Å²) in [6.45, 7) is 0. The maximum absolute atomic E-state index is 9.02. The number of nitrogens with one attached hydrogen (secondary N) is 2. The van der Waals surface area contributed by atoms with Crippen LogP contribution in [0.2, 0.25) is 0 Å². The smallest absolute Gasteiger partial charge is 0.191 e. The molecule has 0 saturated heterocycles. The highest BCUT2D eigenvalue weighted by Gasteiger charge is 2.06. The molecule has 7 nitrogen and oxygen atoms in total. The summed E-state index contributed by atoms with van der Waals surface area (Å²) in [5, 5.41) is 25.8. The highest BCUT2D eigenvalue weighted by Crippen LogP contribution is 2.25. The van der Waals surface area contributed by atoms with Crippen LogP contribution in [0.5, 0.6) is 0 Å². The van der Waals surface area contributed by atoms with E-state index in [1.54, 1.807) is 0 Å². The molecule has 0 atom stereocenters. The number of rotatable bonds is 3. The fraction of sp³-hybridized carbons (Fsp3) is 0. The minimum atomic E-state index is 0.309. The molecule has 0 unspecified atom stereocenters. The van der Waals surface area contributed by atoms with Crippen molar-refractivity contribution in [3.05, 3.63) is 36.3 Å². The zero-order valence-corrected chi connectivity index (χ0v) is 10.3. The standard InChI is InChI=1S/C11H7N7S/c12-5-7(10-15-17-18-16-10)6-13-11-14-8-3-1-2-4-9(8)19-11/h1-4,6H,(H,13,14)(H,15,16,17,18). The molecule has 3 aromatic rings. The van der Waals surface area contributed by atoms with Gasteiger partial charge in [-0.25, -0.2) is 10.1 Å². The van der Waals surface area contributed by atoms with Crippen LogP contribution in [-0.2, 0) is 0 Å². The van der Waals surface area contributed by atoms with Gasteiger partial charge in [-0.05, 0) is 22.6 Å². The van der Waals surface area contributed by atoms with E-state index in [-0.39, 0.29) is 0 Å². The molecule has 2 heterocycles. The molecule has 0 amide bonds. The van der Waals surface area contributed by atoms with Gasteiger partial charge in [0.2, 0.25) is 0 Å². The fourth-order valence-corrected chi connectivity index (χ4v) is 2.33. The third-order valence-electron chi connectivity index (χ3n) is 2.35. The third-order valence-corrected chi connectivity index (χ3v) is 3.32. The Kier molecular flexibility index (Phi) is 2.88. The van der Waals surface area contributed by atoms with Gasteiger partial charge in [-0.1, -0.05) is 23.5 Å². The maximum Gasteiger partial charge on any atom is 0.191 e. The number of tetrazole rings is 1. The van der Waals surface area contributed by atoms with Gasteiger partial charge in [0.15, 0.2) is 11.0 Å². The monoisotopic (exact) mass is 269 g/mol. The van der Waals surface area contributed by atoms with Crippen LogP contribution in [0.4, 0.5) is 5.13 Å². The Balaban J connectivity index is 1.87. The number of anilines is 1. The van der Waals surface area contributed by atoms with Crippen LogP contribution in [-0.4, -0.2) is 25.6 Å². The Morgan fingerprint density at radius 1 is 1.42 bits per heavy atom. The van der Waals surface area contributed by atoms with Gasteiger partial charge < -0.3 is 5.32 Å². The first kappa shape index (κ1) is 11.3. The number of hydrogen-bond acceptors (Lipinski definition) is 7. The molecule has 0 aliphatic carbocycles. The molecule has 0 saturated carbocycles. The second kappa shape index (κ2) is 4.83. The van der Waals surface area contributed by atoms with Gasteiger partial charge >= 0.3 is 0 Å². The number of hydrogen-bond donors (Lipinski definition) is 2. The van der Waals surface area contributed by atoms with E-state index in [9.17, 15) is 0 Å². The van der Waals surface area contributed by atoms with E-state index in [1.807, 2.05) is 30.3 Å². The Morgan fingerprint density at radius 3 is 3.05 bits per heavy atom. The average molecular weight is 269 g/mol. The van der Waals surface area contributed by atoms with E-state index >= 15 is 0 Å². The molecule has 19 heavy (non-hydrogen) atoms. The highest BCUT2D eigenvalue weighted by molar-refractivity contribution is 7.22. The van der Waals surface area contributed by atoms with Gasteiger partial charge in [0, 0.05) is 6.20 Å².